The van der Waals surface area contributed by atoms with Gasteiger partial charge in [0.2, 0.25) is 0 Å². The predicted molar refractivity (Wildman–Crippen MR) is 72.1 cm³/mol. The van der Waals surface area contributed by atoms with E-state index in [9.17, 15) is 4.39 Å². The van der Waals surface area contributed by atoms with Gasteiger partial charge in [-0.05, 0) is 55.2 Å². The van der Waals surface area contributed by atoms with E-state index in [4.69, 9.17) is 0 Å². The van der Waals surface area contributed by atoms with Gasteiger partial charge in [0, 0.05) is 12.5 Å². The molecule has 1 saturated heterocycles. The topological polar surface area (TPSA) is 12.0 Å². The molecule has 1 nitrogen and oxygen atoms in total. The van der Waals surface area contributed by atoms with Gasteiger partial charge >= 0.3 is 0 Å². The van der Waals surface area contributed by atoms with E-state index in [1.54, 1.807) is 12.1 Å². The van der Waals surface area contributed by atoms with Crippen LogP contribution in [0.1, 0.15) is 44.1 Å². The minimum atomic E-state index is -0.0234. The van der Waals surface area contributed by atoms with Crippen LogP contribution < -0.4 is 5.32 Å². The smallest absolute Gasteiger partial charge is 0.126 e. The van der Waals surface area contributed by atoms with E-state index >= 15 is 0 Å². The van der Waals surface area contributed by atoms with E-state index in [1.807, 2.05) is 12.1 Å². The average molecular weight is 247 g/mol. The summed E-state index contributed by atoms with van der Waals surface area (Å²) in [6.45, 7) is 4.32. The molecule has 0 spiro atoms. The second-order valence-corrected chi connectivity index (χ2v) is 5.89. The summed E-state index contributed by atoms with van der Waals surface area (Å²) in [5, 5.41) is 3.47. The van der Waals surface area contributed by atoms with Crippen LogP contribution in [0.3, 0.4) is 0 Å². The number of benzene rings is 1. The molecular weight excluding hydrogens is 225 g/mol. The van der Waals surface area contributed by atoms with Gasteiger partial charge in [-0.3, -0.25) is 0 Å². The third kappa shape index (κ3) is 1.87. The van der Waals surface area contributed by atoms with Gasteiger partial charge in [0.25, 0.3) is 0 Å². The van der Waals surface area contributed by atoms with Gasteiger partial charge < -0.3 is 5.32 Å². The lowest BCUT2D eigenvalue weighted by Gasteiger charge is -2.45. The second kappa shape index (κ2) is 4.65. The van der Waals surface area contributed by atoms with Crippen molar-refractivity contribution in [3.63, 3.8) is 0 Å². The molecule has 0 aromatic heterocycles. The first-order valence-corrected chi connectivity index (χ1v) is 7.23. The molecule has 2 atom stereocenters. The SMILES string of the molecule is CCC1(C2CC2)CCNCC1c1ccccc1F. The van der Waals surface area contributed by atoms with E-state index in [-0.39, 0.29) is 5.82 Å². The zero-order valence-electron chi connectivity index (χ0n) is 11.1. The lowest BCUT2D eigenvalue weighted by molar-refractivity contribution is 0.120. The number of halogens is 1. The highest BCUT2D eigenvalue weighted by Gasteiger charge is 2.50. The lowest BCUT2D eigenvalue weighted by atomic mass is 9.63. The number of hydrogen-bond acceptors (Lipinski definition) is 1. The molecule has 2 aliphatic rings. The molecule has 18 heavy (non-hydrogen) atoms. The molecule has 1 saturated carbocycles. The first-order chi connectivity index (χ1) is 8.78. The van der Waals surface area contributed by atoms with Crippen molar-refractivity contribution in [1.82, 2.24) is 5.32 Å². The normalized spacial score (nSPS) is 32.4. The summed E-state index contributed by atoms with van der Waals surface area (Å²) in [5.41, 5.74) is 1.27. The summed E-state index contributed by atoms with van der Waals surface area (Å²) in [6, 6.07) is 7.36. The van der Waals surface area contributed by atoms with Crippen molar-refractivity contribution in [2.45, 2.75) is 38.5 Å². The Labute approximate surface area is 109 Å². The third-order valence-corrected chi connectivity index (χ3v) is 5.14. The van der Waals surface area contributed by atoms with Gasteiger partial charge in [-0.25, -0.2) is 4.39 Å². The Morgan fingerprint density at radius 1 is 1.33 bits per heavy atom. The summed E-state index contributed by atoms with van der Waals surface area (Å²) in [4.78, 5) is 0. The van der Waals surface area contributed by atoms with E-state index in [0.29, 0.717) is 11.3 Å². The van der Waals surface area contributed by atoms with Crippen molar-refractivity contribution in [2.24, 2.45) is 11.3 Å². The molecule has 3 rings (SSSR count). The van der Waals surface area contributed by atoms with Crippen LogP contribution in [0.15, 0.2) is 24.3 Å². The highest BCUT2D eigenvalue weighted by molar-refractivity contribution is 5.27. The lowest BCUT2D eigenvalue weighted by Crippen LogP contribution is -2.45. The van der Waals surface area contributed by atoms with Crippen molar-refractivity contribution in [3.8, 4) is 0 Å². The maximum atomic E-state index is 14.1. The summed E-state index contributed by atoms with van der Waals surface area (Å²) < 4.78 is 14.1. The van der Waals surface area contributed by atoms with Crippen molar-refractivity contribution >= 4 is 0 Å². The molecule has 1 aromatic rings. The second-order valence-electron chi connectivity index (χ2n) is 5.89. The Balaban J connectivity index is 1.99. The summed E-state index contributed by atoms with van der Waals surface area (Å²) >= 11 is 0. The maximum absolute atomic E-state index is 14.1. The van der Waals surface area contributed by atoms with Crippen molar-refractivity contribution in [1.29, 1.82) is 0 Å². The largest absolute Gasteiger partial charge is 0.316 e. The van der Waals surface area contributed by atoms with Gasteiger partial charge in [-0.1, -0.05) is 25.1 Å². The molecular formula is C16H22FN. The van der Waals surface area contributed by atoms with Crippen molar-refractivity contribution < 1.29 is 4.39 Å². The molecule has 0 radical (unpaired) electrons. The van der Waals surface area contributed by atoms with E-state index in [1.165, 1.54) is 25.7 Å². The summed E-state index contributed by atoms with van der Waals surface area (Å²) in [6.07, 6.45) is 5.07. The predicted octanol–water partition coefficient (Wildman–Crippen LogP) is 3.71. The number of rotatable bonds is 3. The molecule has 98 valence electrons. The van der Waals surface area contributed by atoms with E-state index in [2.05, 4.69) is 12.2 Å². The van der Waals surface area contributed by atoms with E-state index < -0.39 is 0 Å². The van der Waals surface area contributed by atoms with Crippen LogP contribution in [0.5, 0.6) is 0 Å². The molecule has 1 aliphatic carbocycles. The van der Waals surface area contributed by atoms with Gasteiger partial charge in [-0.2, -0.15) is 0 Å². The molecule has 2 fully saturated rings. The molecule has 0 amide bonds. The molecule has 0 bridgehead atoms. The molecule has 1 N–H and O–H groups in total. The highest BCUT2D eigenvalue weighted by atomic mass is 19.1. The Morgan fingerprint density at radius 3 is 2.78 bits per heavy atom. The highest BCUT2D eigenvalue weighted by Crippen LogP contribution is 2.58. The van der Waals surface area contributed by atoms with Crippen LogP contribution in [-0.4, -0.2) is 13.1 Å². The average Bonchev–Trinajstić information content (AvgIpc) is 3.24. The minimum absolute atomic E-state index is 0.0234. The molecule has 1 heterocycles. The number of nitrogens with one attached hydrogen (secondary N) is 1. The first kappa shape index (κ1) is 12.2. The minimum Gasteiger partial charge on any atom is -0.316 e. The Morgan fingerprint density at radius 2 is 2.11 bits per heavy atom. The first-order valence-electron chi connectivity index (χ1n) is 7.23. The Bertz CT molecular complexity index is 427. The quantitative estimate of drug-likeness (QED) is 0.858. The Hall–Kier alpha value is -0.890. The molecule has 1 aliphatic heterocycles. The van der Waals surface area contributed by atoms with Gasteiger partial charge in [0.05, 0.1) is 0 Å². The number of piperidine rings is 1. The fourth-order valence-electron chi connectivity index (χ4n) is 3.98. The van der Waals surface area contributed by atoms with Crippen LogP contribution in [0.2, 0.25) is 0 Å². The monoisotopic (exact) mass is 247 g/mol. The standard InChI is InChI=1S/C16H22FN/c1-2-16(12-7-8-12)9-10-18-11-14(16)13-5-3-4-6-15(13)17/h3-6,12,14,18H,2,7-11H2,1H3. The molecule has 2 unspecified atom stereocenters. The van der Waals surface area contributed by atoms with Crippen LogP contribution in [0.25, 0.3) is 0 Å². The zero-order valence-corrected chi connectivity index (χ0v) is 11.1. The number of hydrogen-bond donors (Lipinski definition) is 1. The fraction of sp³-hybridized carbons (Fsp3) is 0.625. The molecule has 2 heteroatoms. The van der Waals surface area contributed by atoms with Crippen LogP contribution in [0, 0.1) is 17.2 Å². The van der Waals surface area contributed by atoms with Crippen molar-refractivity contribution in [3.05, 3.63) is 35.6 Å². The summed E-state index contributed by atoms with van der Waals surface area (Å²) in [5.74, 6) is 1.16. The van der Waals surface area contributed by atoms with Gasteiger partial charge in [0.1, 0.15) is 5.82 Å². The zero-order chi connectivity index (χ0) is 12.6. The summed E-state index contributed by atoms with van der Waals surface area (Å²) in [7, 11) is 0. The maximum Gasteiger partial charge on any atom is 0.126 e. The fourth-order valence-corrected chi connectivity index (χ4v) is 3.98. The Kier molecular flexibility index (Phi) is 3.14. The van der Waals surface area contributed by atoms with Crippen molar-refractivity contribution in [2.75, 3.05) is 13.1 Å². The van der Waals surface area contributed by atoms with Gasteiger partial charge in [0.15, 0.2) is 0 Å². The van der Waals surface area contributed by atoms with Crippen LogP contribution in [-0.2, 0) is 0 Å². The van der Waals surface area contributed by atoms with E-state index in [0.717, 1.165) is 24.6 Å². The molecule has 1 aromatic carbocycles. The third-order valence-electron chi connectivity index (χ3n) is 5.14. The van der Waals surface area contributed by atoms with Crippen LogP contribution >= 0.6 is 0 Å². The van der Waals surface area contributed by atoms with Gasteiger partial charge in [-0.15, -0.1) is 0 Å². The van der Waals surface area contributed by atoms with Crippen LogP contribution in [0.4, 0.5) is 4.39 Å².